The van der Waals surface area contributed by atoms with Crippen LogP contribution in [0.15, 0.2) is 46.0 Å². The Labute approximate surface area is 151 Å². The van der Waals surface area contributed by atoms with Crippen molar-refractivity contribution >= 4 is 33.0 Å². The molecule has 132 valence electrons. The molecule has 2 N–H and O–H groups in total. The lowest BCUT2D eigenvalue weighted by atomic mass is 9.87. The molecule has 25 heavy (non-hydrogen) atoms. The Morgan fingerprint density at radius 3 is 2.52 bits per heavy atom. The topological polar surface area (TPSA) is 99.1 Å². The van der Waals surface area contributed by atoms with Crippen LogP contribution in [0.25, 0.3) is 0 Å². The molecule has 0 saturated carbocycles. The molecule has 2 rings (SSSR count). The van der Waals surface area contributed by atoms with E-state index in [1.807, 2.05) is 20.8 Å². The van der Waals surface area contributed by atoms with Gasteiger partial charge in [0.2, 0.25) is 0 Å². The first-order valence-electron chi connectivity index (χ1n) is 7.50. The van der Waals surface area contributed by atoms with Crippen molar-refractivity contribution in [2.24, 2.45) is 5.41 Å². The normalized spacial score (nSPS) is 12.9. The van der Waals surface area contributed by atoms with Gasteiger partial charge in [0.25, 0.3) is 15.9 Å². The number of rotatable bonds is 5. The number of carbonyl (C=O) groups is 1. The number of thiophene rings is 1. The number of hydrogen-bond acceptors (Lipinski definition) is 5. The summed E-state index contributed by atoms with van der Waals surface area (Å²) in [6.45, 7) is 5.56. The van der Waals surface area contributed by atoms with Gasteiger partial charge in [-0.3, -0.25) is 9.52 Å². The van der Waals surface area contributed by atoms with Gasteiger partial charge in [-0.15, -0.1) is 11.3 Å². The molecule has 0 radical (unpaired) electrons. The van der Waals surface area contributed by atoms with Gasteiger partial charge in [0, 0.05) is 11.3 Å². The minimum absolute atomic E-state index is 0.194. The molecule has 0 spiro atoms. The summed E-state index contributed by atoms with van der Waals surface area (Å²) in [4.78, 5) is 12.4. The fourth-order valence-electron chi connectivity index (χ4n) is 2.00. The van der Waals surface area contributed by atoms with Gasteiger partial charge in [-0.05, 0) is 35.1 Å². The minimum Gasteiger partial charge on any atom is -0.336 e. The molecule has 1 amide bonds. The standard InChI is InChI=1S/C17H19N3O3S2/c1-17(2,3)14(11-18)19-16(21)12-6-4-7-13(10-12)20-25(22,23)15-8-5-9-24-15/h4-10,14,20H,1-3H3,(H,19,21)/t14-/m0/s1. The molecule has 1 aromatic heterocycles. The monoisotopic (exact) mass is 377 g/mol. The maximum Gasteiger partial charge on any atom is 0.271 e. The van der Waals surface area contributed by atoms with Crippen molar-refractivity contribution in [1.29, 1.82) is 5.26 Å². The number of hydrogen-bond donors (Lipinski definition) is 2. The lowest BCUT2D eigenvalue weighted by Gasteiger charge is -2.25. The fourth-order valence-corrected chi connectivity index (χ4v) is 4.04. The minimum atomic E-state index is -3.68. The first-order valence-corrected chi connectivity index (χ1v) is 9.86. The van der Waals surface area contributed by atoms with Gasteiger partial charge in [-0.1, -0.05) is 32.9 Å². The van der Waals surface area contributed by atoms with Crippen LogP contribution in [-0.2, 0) is 10.0 Å². The van der Waals surface area contributed by atoms with Crippen molar-refractivity contribution < 1.29 is 13.2 Å². The first kappa shape index (κ1) is 19.0. The van der Waals surface area contributed by atoms with Crippen LogP contribution >= 0.6 is 11.3 Å². The molecular formula is C17H19N3O3S2. The third-order valence-corrected chi connectivity index (χ3v) is 6.19. The van der Waals surface area contributed by atoms with Crippen LogP contribution in [0.3, 0.4) is 0 Å². The van der Waals surface area contributed by atoms with E-state index >= 15 is 0 Å². The summed E-state index contributed by atoms with van der Waals surface area (Å²) < 4.78 is 27.2. The molecule has 6 nitrogen and oxygen atoms in total. The molecule has 1 heterocycles. The smallest absolute Gasteiger partial charge is 0.271 e. The summed E-state index contributed by atoms with van der Waals surface area (Å²) in [6.07, 6.45) is 0. The molecule has 0 saturated heterocycles. The highest BCUT2D eigenvalue weighted by Crippen LogP contribution is 2.22. The van der Waals surface area contributed by atoms with Crippen LogP contribution in [0, 0.1) is 16.7 Å². The molecule has 0 fully saturated rings. The highest BCUT2D eigenvalue weighted by atomic mass is 32.2. The zero-order chi connectivity index (χ0) is 18.7. The molecule has 1 aromatic carbocycles. The van der Waals surface area contributed by atoms with E-state index < -0.39 is 27.4 Å². The number of nitriles is 1. The van der Waals surface area contributed by atoms with Crippen molar-refractivity contribution in [2.45, 2.75) is 31.0 Å². The second kappa shape index (κ2) is 7.25. The van der Waals surface area contributed by atoms with Gasteiger partial charge >= 0.3 is 0 Å². The molecule has 0 aliphatic heterocycles. The van der Waals surface area contributed by atoms with E-state index in [2.05, 4.69) is 16.1 Å². The number of amides is 1. The summed E-state index contributed by atoms with van der Waals surface area (Å²) in [5, 5.41) is 13.6. The van der Waals surface area contributed by atoms with Gasteiger partial charge < -0.3 is 5.32 Å². The van der Waals surface area contributed by atoms with Gasteiger partial charge in [-0.25, -0.2) is 8.42 Å². The van der Waals surface area contributed by atoms with Gasteiger partial charge in [-0.2, -0.15) is 5.26 Å². The molecule has 2 aromatic rings. The number of carbonyl (C=O) groups excluding carboxylic acids is 1. The summed E-state index contributed by atoms with van der Waals surface area (Å²) >= 11 is 1.11. The molecule has 0 aliphatic carbocycles. The van der Waals surface area contributed by atoms with E-state index in [1.165, 1.54) is 12.1 Å². The highest BCUT2D eigenvalue weighted by molar-refractivity contribution is 7.94. The quantitative estimate of drug-likeness (QED) is 0.836. The van der Waals surface area contributed by atoms with Crippen molar-refractivity contribution in [3.05, 3.63) is 47.3 Å². The molecule has 0 aliphatic rings. The van der Waals surface area contributed by atoms with E-state index in [0.717, 1.165) is 11.3 Å². The molecule has 0 bridgehead atoms. The second-order valence-corrected chi connectivity index (χ2v) is 9.38. The highest BCUT2D eigenvalue weighted by Gasteiger charge is 2.26. The van der Waals surface area contributed by atoms with Crippen LogP contribution in [0.1, 0.15) is 31.1 Å². The Morgan fingerprint density at radius 1 is 1.24 bits per heavy atom. The van der Waals surface area contributed by atoms with Crippen LogP contribution in [-0.4, -0.2) is 20.4 Å². The largest absolute Gasteiger partial charge is 0.336 e. The summed E-state index contributed by atoms with van der Waals surface area (Å²) in [7, 11) is -3.68. The SMILES string of the molecule is CC(C)(C)[C@H](C#N)NC(=O)c1cccc(NS(=O)(=O)c2cccs2)c1. The molecular weight excluding hydrogens is 358 g/mol. The van der Waals surface area contributed by atoms with E-state index in [1.54, 1.807) is 29.6 Å². The fraction of sp³-hybridized carbons (Fsp3) is 0.294. The number of benzene rings is 1. The van der Waals surface area contributed by atoms with Crippen molar-refractivity contribution in [1.82, 2.24) is 5.32 Å². The number of nitrogens with one attached hydrogen (secondary N) is 2. The Hall–Kier alpha value is -2.37. The number of anilines is 1. The maximum atomic E-state index is 12.4. The van der Waals surface area contributed by atoms with Gasteiger partial charge in [0.15, 0.2) is 0 Å². The Morgan fingerprint density at radius 2 is 1.96 bits per heavy atom. The predicted octanol–water partition coefficient (Wildman–Crippen LogP) is 3.22. The molecule has 0 unspecified atom stereocenters. The third-order valence-electron chi connectivity index (χ3n) is 3.41. The molecule has 1 atom stereocenters. The van der Waals surface area contributed by atoms with Crippen molar-refractivity contribution in [3.63, 3.8) is 0 Å². The first-order chi connectivity index (χ1) is 11.6. The van der Waals surface area contributed by atoms with Crippen LogP contribution in [0.5, 0.6) is 0 Å². The lowest BCUT2D eigenvalue weighted by Crippen LogP contribution is -2.42. The van der Waals surface area contributed by atoms with E-state index in [4.69, 9.17) is 0 Å². The van der Waals surface area contributed by atoms with E-state index in [9.17, 15) is 18.5 Å². The molecule has 8 heteroatoms. The number of nitrogens with zero attached hydrogens (tertiary/aromatic N) is 1. The van der Waals surface area contributed by atoms with Crippen LogP contribution in [0.4, 0.5) is 5.69 Å². The Bertz CT molecular complexity index is 892. The van der Waals surface area contributed by atoms with E-state index in [-0.39, 0.29) is 15.5 Å². The van der Waals surface area contributed by atoms with Crippen molar-refractivity contribution in [3.8, 4) is 6.07 Å². The lowest BCUT2D eigenvalue weighted by molar-refractivity contribution is 0.0922. The Balaban J connectivity index is 2.19. The predicted molar refractivity (Wildman–Crippen MR) is 97.9 cm³/mol. The maximum absolute atomic E-state index is 12.4. The summed E-state index contributed by atoms with van der Waals surface area (Å²) in [5.74, 6) is -0.432. The zero-order valence-corrected chi connectivity index (χ0v) is 15.7. The summed E-state index contributed by atoms with van der Waals surface area (Å²) in [5.41, 5.74) is 0.143. The Kier molecular flexibility index (Phi) is 5.50. The van der Waals surface area contributed by atoms with Crippen molar-refractivity contribution in [2.75, 3.05) is 4.72 Å². The second-order valence-electron chi connectivity index (χ2n) is 6.52. The zero-order valence-electron chi connectivity index (χ0n) is 14.1. The van der Waals surface area contributed by atoms with Gasteiger partial charge in [0.05, 0.1) is 6.07 Å². The van der Waals surface area contributed by atoms with Gasteiger partial charge in [0.1, 0.15) is 10.3 Å². The summed E-state index contributed by atoms with van der Waals surface area (Å²) in [6, 6.07) is 10.7. The average molecular weight is 377 g/mol. The van der Waals surface area contributed by atoms with E-state index in [0.29, 0.717) is 0 Å². The van der Waals surface area contributed by atoms with Crippen LogP contribution < -0.4 is 10.0 Å². The third kappa shape index (κ3) is 4.81. The average Bonchev–Trinajstić information content (AvgIpc) is 3.06. The van der Waals surface area contributed by atoms with Crippen LogP contribution in [0.2, 0.25) is 0 Å². The number of sulfonamides is 1.